The summed E-state index contributed by atoms with van der Waals surface area (Å²) in [6, 6.07) is 5.31. The lowest BCUT2D eigenvalue weighted by Crippen LogP contribution is -2.19. The van der Waals surface area contributed by atoms with Crippen LogP contribution in [0.3, 0.4) is 0 Å². The maximum atomic E-state index is 11.1. The van der Waals surface area contributed by atoms with Crippen LogP contribution in [0.1, 0.15) is 23.2 Å². The van der Waals surface area contributed by atoms with Crippen molar-refractivity contribution in [2.45, 2.75) is 12.8 Å². The molecule has 4 heteroatoms. The summed E-state index contributed by atoms with van der Waals surface area (Å²) in [6.45, 7) is 2.06. The van der Waals surface area contributed by atoms with Crippen molar-refractivity contribution in [3.63, 3.8) is 0 Å². The predicted molar refractivity (Wildman–Crippen MR) is 60.8 cm³/mol. The third-order valence-corrected chi connectivity index (χ3v) is 2.70. The number of benzene rings is 1. The van der Waals surface area contributed by atoms with Crippen LogP contribution >= 0.6 is 0 Å². The van der Waals surface area contributed by atoms with Crippen molar-refractivity contribution in [3.8, 4) is 0 Å². The summed E-state index contributed by atoms with van der Waals surface area (Å²) in [7, 11) is 0. The maximum absolute atomic E-state index is 11.1. The first-order valence-electron chi connectivity index (χ1n) is 5.12. The van der Waals surface area contributed by atoms with Gasteiger partial charge in [-0.2, -0.15) is 0 Å². The van der Waals surface area contributed by atoms with Gasteiger partial charge in [-0.1, -0.05) is 0 Å². The van der Waals surface area contributed by atoms with Crippen molar-refractivity contribution in [1.82, 2.24) is 0 Å². The zero-order valence-corrected chi connectivity index (χ0v) is 8.57. The third kappa shape index (κ3) is 2.03. The highest BCUT2D eigenvalue weighted by atomic mass is 16.1. The molecule has 1 aromatic carbocycles. The summed E-state index contributed by atoms with van der Waals surface area (Å²) >= 11 is 0. The number of amides is 1. The number of rotatable bonds is 2. The van der Waals surface area contributed by atoms with Gasteiger partial charge in [-0.15, -0.1) is 0 Å². The highest BCUT2D eigenvalue weighted by molar-refractivity contribution is 5.95. The second-order valence-electron chi connectivity index (χ2n) is 3.87. The molecule has 4 nitrogen and oxygen atoms in total. The first-order valence-corrected chi connectivity index (χ1v) is 5.12. The molecule has 0 aliphatic carbocycles. The molecule has 1 heterocycles. The van der Waals surface area contributed by atoms with Gasteiger partial charge in [0.15, 0.2) is 0 Å². The molecule has 0 spiro atoms. The fourth-order valence-corrected chi connectivity index (χ4v) is 1.93. The second kappa shape index (κ2) is 3.81. The van der Waals surface area contributed by atoms with Crippen LogP contribution in [0.4, 0.5) is 11.4 Å². The number of primary amides is 1. The minimum atomic E-state index is -0.428. The Labute approximate surface area is 88.9 Å². The summed E-state index contributed by atoms with van der Waals surface area (Å²) in [5.74, 6) is -0.428. The molecule has 0 aromatic heterocycles. The van der Waals surface area contributed by atoms with E-state index in [1.54, 1.807) is 6.07 Å². The zero-order chi connectivity index (χ0) is 10.8. The lowest BCUT2D eigenvalue weighted by atomic mass is 10.1. The Bertz CT molecular complexity index is 383. The molecule has 1 amide bonds. The Morgan fingerprint density at radius 3 is 2.47 bits per heavy atom. The highest BCUT2D eigenvalue weighted by Crippen LogP contribution is 2.24. The van der Waals surface area contributed by atoms with Crippen LogP contribution in [0.5, 0.6) is 0 Å². The van der Waals surface area contributed by atoms with Crippen molar-refractivity contribution >= 4 is 17.3 Å². The molecule has 15 heavy (non-hydrogen) atoms. The number of nitrogens with zero attached hydrogens (tertiary/aromatic N) is 1. The number of carbonyl (C=O) groups is 1. The Kier molecular flexibility index (Phi) is 2.49. The monoisotopic (exact) mass is 205 g/mol. The average molecular weight is 205 g/mol. The molecule has 0 unspecified atom stereocenters. The molecule has 0 radical (unpaired) electrons. The lowest BCUT2D eigenvalue weighted by Gasteiger charge is -2.18. The molecule has 0 bridgehead atoms. The minimum absolute atomic E-state index is 0.428. The smallest absolute Gasteiger partial charge is 0.248 e. The first-order chi connectivity index (χ1) is 7.16. The van der Waals surface area contributed by atoms with E-state index in [0.717, 1.165) is 18.8 Å². The molecule has 1 fully saturated rings. The number of nitrogen functional groups attached to an aromatic ring is 1. The quantitative estimate of drug-likeness (QED) is 0.706. The van der Waals surface area contributed by atoms with Crippen LogP contribution < -0.4 is 16.4 Å². The Hall–Kier alpha value is -1.71. The Balaban J connectivity index is 2.34. The van der Waals surface area contributed by atoms with Gasteiger partial charge in [0, 0.05) is 30.0 Å². The Morgan fingerprint density at radius 2 is 1.87 bits per heavy atom. The molecular weight excluding hydrogens is 190 g/mol. The Morgan fingerprint density at radius 1 is 1.20 bits per heavy atom. The van der Waals surface area contributed by atoms with Gasteiger partial charge in [0.2, 0.25) is 5.91 Å². The van der Waals surface area contributed by atoms with Crippen molar-refractivity contribution in [2.24, 2.45) is 5.73 Å². The maximum Gasteiger partial charge on any atom is 0.248 e. The predicted octanol–water partition coefficient (Wildman–Crippen LogP) is 0.968. The second-order valence-corrected chi connectivity index (χ2v) is 3.87. The van der Waals surface area contributed by atoms with E-state index in [1.165, 1.54) is 12.8 Å². The summed E-state index contributed by atoms with van der Waals surface area (Å²) in [5.41, 5.74) is 13.0. The number of nitrogens with two attached hydrogens (primary N) is 2. The molecule has 0 saturated carbocycles. The average Bonchev–Trinajstić information content (AvgIpc) is 2.69. The van der Waals surface area contributed by atoms with E-state index < -0.39 is 5.91 Å². The largest absolute Gasteiger partial charge is 0.399 e. The van der Waals surface area contributed by atoms with E-state index in [1.807, 2.05) is 12.1 Å². The van der Waals surface area contributed by atoms with E-state index in [4.69, 9.17) is 11.5 Å². The van der Waals surface area contributed by atoms with Gasteiger partial charge < -0.3 is 16.4 Å². The van der Waals surface area contributed by atoms with Crippen molar-refractivity contribution in [3.05, 3.63) is 23.8 Å². The van der Waals surface area contributed by atoms with Crippen LogP contribution in [-0.2, 0) is 0 Å². The van der Waals surface area contributed by atoms with Crippen LogP contribution in [0, 0.1) is 0 Å². The molecule has 1 aliphatic heterocycles. The molecule has 0 atom stereocenters. The van der Waals surface area contributed by atoms with Crippen LogP contribution in [0.25, 0.3) is 0 Å². The van der Waals surface area contributed by atoms with Gasteiger partial charge in [0.1, 0.15) is 0 Å². The molecule has 80 valence electrons. The van der Waals surface area contributed by atoms with Gasteiger partial charge in [-0.3, -0.25) is 4.79 Å². The number of anilines is 2. The van der Waals surface area contributed by atoms with Gasteiger partial charge in [-0.05, 0) is 31.0 Å². The number of hydrogen-bond donors (Lipinski definition) is 2. The van der Waals surface area contributed by atoms with E-state index >= 15 is 0 Å². The molecule has 4 N–H and O–H groups in total. The fraction of sp³-hybridized carbons (Fsp3) is 0.364. The normalized spacial score (nSPS) is 15.6. The van der Waals surface area contributed by atoms with Crippen LogP contribution in [0.15, 0.2) is 18.2 Å². The molecule has 1 aromatic rings. The zero-order valence-electron chi connectivity index (χ0n) is 8.57. The summed E-state index contributed by atoms with van der Waals surface area (Å²) < 4.78 is 0. The molecule has 1 saturated heterocycles. The number of carbonyl (C=O) groups excluding carboxylic acids is 1. The van der Waals surface area contributed by atoms with Gasteiger partial charge in [0.05, 0.1) is 0 Å². The molecular formula is C11H15N3O. The fourth-order valence-electron chi connectivity index (χ4n) is 1.93. The molecule has 1 aliphatic rings. The standard InChI is InChI=1S/C11H15N3O/c12-9-5-8(11(13)15)6-10(7-9)14-3-1-2-4-14/h5-7H,1-4,12H2,(H2,13,15). The van der Waals surface area contributed by atoms with E-state index in [9.17, 15) is 4.79 Å². The van der Waals surface area contributed by atoms with Gasteiger partial charge in [0.25, 0.3) is 0 Å². The van der Waals surface area contributed by atoms with Gasteiger partial charge >= 0.3 is 0 Å². The van der Waals surface area contributed by atoms with Gasteiger partial charge in [-0.25, -0.2) is 0 Å². The summed E-state index contributed by atoms with van der Waals surface area (Å²) in [6.07, 6.45) is 2.39. The first kappa shape index (κ1) is 9.83. The van der Waals surface area contributed by atoms with Crippen molar-refractivity contribution in [2.75, 3.05) is 23.7 Å². The van der Waals surface area contributed by atoms with E-state index in [0.29, 0.717) is 11.3 Å². The lowest BCUT2D eigenvalue weighted by molar-refractivity contribution is 0.100. The van der Waals surface area contributed by atoms with Crippen molar-refractivity contribution < 1.29 is 4.79 Å². The minimum Gasteiger partial charge on any atom is -0.399 e. The number of hydrogen-bond acceptors (Lipinski definition) is 3. The van der Waals surface area contributed by atoms with E-state index in [2.05, 4.69) is 4.90 Å². The SMILES string of the molecule is NC(=O)c1cc(N)cc(N2CCCC2)c1. The topological polar surface area (TPSA) is 72.3 Å². The van der Waals surface area contributed by atoms with E-state index in [-0.39, 0.29) is 0 Å². The summed E-state index contributed by atoms with van der Waals surface area (Å²) in [4.78, 5) is 13.3. The van der Waals surface area contributed by atoms with Crippen LogP contribution in [0.2, 0.25) is 0 Å². The van der Waals surface area contributed by atoms with Crippen molar-refractivity contribution in [1.29, 1.82) is 0 Å². The highest BCUT2D eigenvalue weighted by Gasteiger charge is 2.14. The van der Waals surface area contributed by atoms with Crippen LogP contribution in [-0.4, -0.2) is 19.0 Å². The third-order valence-electron chi connectivity index (χ3n) is 2.70. The summed E-state index contributed by atoms with van der Waals surface area (Å²) in [5, 5.41) is 0. The molecule has 2 rings (SSSR count).